The van der Waals surface area contributed by atoms with Crippen LogP contribution in [0.4, 0.5) is 11.4 Å². The summed E-state index contributed by atoms with van der Waals surface area (Å²) < 4.78 is 16.0. The number of nitrogens with one attached hydrogen (secondary N) is 3. The van der Waals surface area contributed by atoms with Gasteiger partial charge >= 0.3 is 11.8 Å². The number of hydrogen-bond donors (Lipinski definition) is 3. The van der Waals surface area contributed by atoms with Gasteiger partial charge in [-0.3, -0.25) is 14.4 Å². The summed E-state index contributed by atoms with van der Waals surface area (Å²) in [6, 6.07) is 16.9. The number of benzene rings is 3. The molecule has 3 amide bonds. The minimum Gasteiger partial charge on any atom is -0.496 e. The molecule has 1 aromatic heterocycles. The molecule has 0 bridgehead atoms. The number of amides is 3. The van der Waals surface area contributed by atoms with Gasteiger partial charge in [-0.2, -0.15) is 0 Å². The summed E-state index contributed by atoms with van der Waals surface area (Å²) in [5.74, 6) is -0.605. The van der Waals surface area contributed by atoms with E-state index in [-0.39, 0.29) is 5.91 Å². The van der Waals surface area contributed by atoms with Crippen molar-refractivity contribution < 1.29 is 28.3 Å². The zero-order valence-corrected chi connectivity index (χ0v) is 23.7. The first-order chi connectivity index (χ1) is 19.6. The van der Waals surface area contributed by atoms with Crippen molar-refractivity contribution in [2.75, 3.05) is 24.9 Å². The van der Waals surface area contributed by atoms with Gasteiger partial charge in [-0.05, 0) is 68.3 Å². The molecule has 0 saturated heterocycles. The average Bonchev–Trinajstić information content (AvgIpc) is 3.48. The molecule has 3 aromatic carbocycles. The molecule has 4 rings (SSSR count). The van der Waals surface area contributed by atoms with E-state index in [9.17, 15) is 14.4 Å². The van der Waals surface area contributed by atoms with E-state index in [0.29, 0.717) is 51.2 Å². The van der Waals surface area contributed by atoms with Crippen LogP contribution in [0, 0.1) is 0 Å². The Morgan fingerprint density at radius 3 is 2.24 bits per heavy atom. The monoisotopic (exact) mass is 576 g/mol. The molecule has 10 nitrogen and oxygen atoms in total. The van der Waals surface area contributed by atoms with Crippen molar-refractivity contribution in [3.8, 4) is 22.8 Å². The van der Waals surface area contributed by atoms with Gasteiger partial charge in [0.1, 0.15) is 11.5 Å². The molecular formula is C30H29ClN4O6. The average molecular weight is 577 g/mol. The van der Waals surface area contributed by atoms with E-state index in [2.05, 4.69) is 20.9 Å². The number of halogens is 1. The summed E-state index contributed by atoms with van der Waals surface area (Å²) in [7, 11) is 2.96. The molecule has 41 heavy (non-hydrogen) atoms. The summed E-state index contributed by atoms with van der Waals surface area (Å²) in [6.07, 6.45) is 3.29. The van der Waals surface area contributed by atoms with Crippen molar-refractivity contribution >= 4 is 40.7 Å². The van der Waals surface area contributed by atoms with Gasteiger partial charge in [-0.15, -0.1) is 0 Å². The van der Waals surface area contributed by atoms with Crippen molar-refractivity contribution in [3.05, 3.63) is 89.4 Å². The van der Waals surface area contributed by atoms with Crippen LogP contribution in [0.25, 0.3) is 11.3 Å². The molecule has 0 fully saturated rings. The second kappa shape index (κ2) is 12.6. The highest BCUT2D eigenvalue weighted by Gasteiger charge is 2.25. The van der Waals surface area contributed by atoms with Crippen molar-refractivity contribution in [3.63, 3.8) is 0 Å². The molecular weight excluding hydrogens is 548 g/mol. The number of carbonyl (C=O) groups is 3. The highest BCUT2D eigenvalue weighted by Crippen LogP contribution is 2.32. The maximum Gasteiger partial charge on any atom is 0.313 e. The van der Waals surface area contributed by atoms with Gasteiger partial charge < -0.3 is 29.8 Å². The Hall–Kier alpha value is -4.83. The quantitative estimate of drug-likeness (QED) is 0.229. The van der Waals surface area contributed by atoms with Crippen LogP contribution in [0.2, 0.25) is 5.02 Å². The third kappa shape index (κ3) is 7.43. The Balaban J connectivity index is 1.34. The Kier molecular flexibility index (Phi) is 8.94. The lowest BCUT2D eigenvalue weighted by atomic mass is 9.94. The first-order valence-corrected chi connectivity index (χ1v) is 12.9. The standard InChI is InChI=1S/C30H29ClN4O6/c1-30(2,15-18-5-8-20(9-6-18)33-27(36)23-11-7-19(31)13-24(23)39-3)35-29(38)28(37)34-21-10-12-22(25(14-21)40-4)26-16-32-17-41-26/h5-14,16-17H,15H2,1-4H3,(H,33,36)(H,34,37)(H,35,38). The van der Waals surface area contributed by atoms with Crippen LogP contribution in [0.15, 0.2) is 77.7 Å². The lowest BCUT2D eigenvalue weighted by molar-refractivity contribution is -0.137. The van der Waals surface area contributed by atoms with Crippen LogP contribution in [0.1, 0.15) is 29.8 Å². The predicted molar refractivity (Wildman–Crippen MR) is 155 cm³/mol. The number of aromatic nitrogens is 1. The molecule has 0 unspecified atom stereocenters. The van der Waals surface area contributed by atoms with Crippen LogP contribution in [-0.4, -0.2) is 42.5 Å². The number of ether oxygens (including phenoxy) is 2. The number of methoxy groups -OCH3 is 2. The molecule has 0 aliphatic heterocycles. The Labute approximate surface area is 242 Å². The van der Waals surface area contributed by atoms with Crippen LogP contribution in [-0.2, 0) is 16.0 Å². The molecule has 0 aliphatic carbocycles. The van der Waals surface area contributed by atoms with E-state index in [0.717, 1.165) is 5.56 Å². The van der Waals surface area contributed by atoms with Gasteiger partial charge in [0.2, 0.25) is 0 Å². The molecule has 3 N–H and O–H groups in total. The Morgan fingerprint density at radius 1 is 0.878 bits per heavy atom. The number of nitrogens with zero attached hydrogens (tertiary/aromatic N) is 1. The fourth-order valence-corrected chi connectivity index (χ4v) is 4.35. The molecule has 0 atom stereocenters. The third-order valence-electron chi connectivity index (χ3n) is 6.08. The molecule has 0 spiro atoms. The fraction of sp³-hybridized carbons (Fsp3) is 0.200. The van der Waals surface area contributed by atoms with Crippen molar-refractivity contribution in [1.82, 2.24) is 10.3 Å². The first-order valence-electron chi connectivity index (χ1n) is 12.5. The zero-order chi connectivity index (χ0) is 29.6. The second-order valence-electron chi connectivity index (χ2n) is 9.75. The van der Waals surface area contributed by atoms with E-state index in [1.54, 1.807) is 54.7 Å². The molecule has 11 heteroatoms. The molecule has 0 saturated carbocycles. The van der Waals surface area contributed by atoms with E-state index in [4.69, 9.17) is 25.5 Å². The second-order valence-corrected chi connectivity index (χ2v) is 10.2. The highest BCUT2D eigenvalue weighted by atomic mass is 35.5. The maximum atomic E-state index is 12.7. The van der Waals surface area contributed by atoms with E-state index < -0.39 is 17.4 Å². The topological polar surface area (TPSA) is 132 Å². The maximum absolute atomic E-state index is 12.7. The van der Waals surface area contributed by atoms with Crippen molar-refractivity contribution in [2.24, 2.45) is 0 Å². The number of hydrogen-bond acceptors (Lipinski definition) is 7. The molecule has 1 heterocycles. The van der Waals surface area contributed by atoms with Gasteiger partial charge in [0, 0.05) is 28.0 Å². The zero-order valence-electron chi connectivity index (χ0n) is 22.9. The van der Waals surface area contributed by atoms with E-state index in [1.807, 2.05) is 26.0 Å². The first kappa shape index (κ1) is 29.2. The van der Waals surface area contributed by atoms with Gasteiger partial charge in [0.25, 0.3) is 5.91 Å². The van der Waals surface area contributed by atoms with Gasteiger partial charge in [-0.1, -0.05) is 23.7 Å². The third-order valence-corrected chi connectivity index (χ3v) is 6.32. The van der Waals surface area contributed by atoms with Gasteiger partial charge in [0.15, 0.2) is 12.2 Å². The van der Waals surface area contributed by atoms with Crippen LogP contribution < -0.4 is 25.4 Å². The van der Waals surface area contributed by atoms with Crippen LogP contribution >= 0.6 is 11.6 Å². The highest BCUT2D eigenvalue weighted by molar-refractivity contribution is 6.39. The molecule has 0 radical (unpaired) electrons. The molecule has 4 aromatic rings. The van der Waals surface area contributed by atoms with Gasteiger partial charge in [0.05, 0.1) is 31.5 Å². The molecule has 212 valence electrons. The number of anilines is 2. The van der Waals surface area contributed by atoms with Crippen LogP contribution in [0.5, 0.6) is 11.5 Å². The number of rotatable bonds is 9. The Morgan fingerprint density at radius 2 is 1.59 bits per heavy atom. The largest absolute Gasteiger partial charge is 0.496 e. The number of carbonyl (C=O) groups excluding carboxylic acids is 3. The predicted octanol–water partition coefficient (Wildman–Crippen LogP) is 5.34. The lowest BCUT2D eigenvalue weighted by Gasteiger charge is -2.26. The van der Waals surface area contributed by atoms with Crippen molar-refractivity contribution in [2.45, 2.75) is 25.8 Å². The summed E-state index contributed by atoms with van der Waals surface area (Å²) in [5.41, 5.74) is 2.13. The molecule has 0 aliphatic rings. The Bertz CT molecular complexity index is 1550. The summed E-state index contributed by atoms with van der Waals surface area (Å²) in [6.45, 7) is 3.63. The van der Waals surface area contributed by atoms with E-state index in [1.165, 1.54) is 20.6 Å². The number of oxazole rings is 1. The smallest absolute Gasteiger partial charge is 0.313 e. The SMILES string of the molecule is COc1cc(Cl)ccc1C(=O)Nc1ccc(CC(C)(C)NC(=O)C(=O)Nc2ccc(-c3cnco3)c(OC)c2)cc1. The summed E-state index contributed by atoms with van der Waals surface area (Å²) in [4.78, 5) is 41.9. The van der Waals surface area contributed by atoms with E-state index >= 15 is 0 Å². The normalized spacial score (nSPS) is 11.0. The summed E-state index contributed by atoms with van der Waals surface area (Å²) in [5, 5.41) is 8.66. The minimum atomic E-state index is -0.816. The minimum absolute atomic E-state index is 0.338. The summed E-state index contributed by atoms with van der Waals surface area (Å²) >= 11 is 5.98. The van der Waals surface area contributed by atoms with Crippen molar-refractivity contribution in [1.29, 1.82) is 0 Å². The van der Waals surface area contributed by atoms with Gasteiger partial charge in [-0.25, -0.2) is 4.98 Å². The lowest BCUT2D eigenvalue weighted by Crippen LogP contribution is -2.49. The fourth-order valence-electron chi connectivity index (χ4n) is 4.18. The van der Waals surface area contributed by atoms with Crippen LogP contribution in [0.3, 0.4) is 0 Å².